The van der Waals surface area contributed by atoms with Gasteiger partial charge in [-0.1, -0.05) is 21.6 Å². The average Bonchev–Trinajstić information content (AvgIpc) is 2.95. The van der Waals surface area contributed by atoms with Gasteiger partial charge < -0.3 is 31.9 Å². The number of rotatable bonds is 9. The quantitative estimate of drug-likeness (QED) is 0.168. The largest absolute Gasteiger partial charge is 0.480 e. The highest BCUT2D eigenvalue weighted by Crippen LogP contribution is 2.30. The van der Waals surface area contributed by atoms with Crippen LogP contribution in [0.2, 0.25) is 0 Å². The molecule has 1 aliphatic rings. The molecule has 9 N–H and O–H groups in total. The van der Waals surface area contributed by atoms with Crippen LogP contribution in [0.4, 0.5) is 0 Å². The lowest BCUT2D eigenvalue weighted by molar-refractivity contribution is -0.142. The van der Waals surface area contributed by atoms with Crippen LogP contribution in [0.25, 0.3) is 0 Å². The monoisotopic (exact) mass is 431 g/mol. The lowest BCUT2D eigenvalue weighted by Gasteiger charge is -2.17. The smallest absolute Gasteiger partial charge is 0.334 e. The van der Waals surface area contributed by atoms with Gasteiger partial charge in [0, 0.05) is 17.3 Å². The number of carbonyl (C=O) groups is 4. The summed E-state index contributed by atoms with van der Waals surface area (Å²) in [6.07, 6.45) is 0. The Morgan fingerprint density at radius 1 is 1.08 bits per heavy atom. The van der Waals surface area contributed by atoms with Crippen molar-refractivity contribution in [3.8, 4) is 0 Å². The van der Waals surface area contributed by atoms with E-state index < -0.39 is 46.9 Å². The molecule has 11 nitrogen and oxygen atoms in total. The third kappa shape index (κ3) is 8.95. The molecular formula is C12H21N3O8S3. The van der Waals surface area contributed by atoms with Crippen molar-refractivity contribution in [3.05, 3.63) is 0 Å². The molecule has 0 spiro atoms. The summed E-state index contributed by atoms with van der Waals surface area (Å²) in [6, 6.07) is -2.60. The van der Waals surface area contributed by atoms with Crippen LogP contribution in [-0.2, 0) is 19.2 Å². The molecule has 150 valence electrons. The van der Waals surface area contributed by atoms with Crippen LogP contribution in [0.3, 0.4) is 0 Å². The Bertz CT molecular complexity index is 516. The van der Waals surface area contributed by atoms with Gasteiger partial charge in [-0.3, -0.25) is 19.7 Å². The minimum Gasteiger partial charge on any atom is -0.480 e. The number of aliphatic carboxylic acids is 4. The number of hydrogen-bond acceptors (Lipinski definition) is 10. The van der Waals surface area contributed by atoms with Gasteiger partial charge in [0.2, 0.25) is 0 Å². The number of hydrogen-bond donors (Lipinski definition) is 7. The van der Waals surface area contributed by atoms with Gasteiger partial charge >= 0.3 is 23.9 Å². The molecule has 1 rings (SSSR count). The van der Waals surface area contributed by atoms with Crippen LogP contribution in [0, 0.1) is 0 Å². The second kappa shape index (κ2) is 11.5. The average molecular weight is 432 g/mol. The number of carboxylic acids is 4. The Hall–Kier alpha value is -1.19. The SMILES string of the molecule is CC1(C(=O)O)NC(C(=O)O)CS1.N[C@@H](CSSC[C@H](N)C(=O)O)C(=O)O. The maximum Gasteiger partial charge on any atom is 0.334 e. The summed E-state index contributed by atoms with van der Waals surface area (Å²) in [5, 5.41) is 36.6. The molecule has 1 aliphatic heterocycles. The van der Waals surface area contributed by atoms with Crippen LogP contribution >= 0.6 is 33.3 Å². The Kier molecular flexibility index (Phi) is 11.0. The highest BCUT2D eigenvalue weighted by molar-refractivity contribution is 8.76. The highest BCUT2D eigenvalue weighted by Gasteiger charge is 2.44. The van der Waals surface area contributed by atoms with E-state index in [2.05, 4.69) is 5.32 Å². The van der Waals surface area contributed by atoms with Crippen molar-refractivity contribution in [2.75, 3.05) is 17.3 Å². The van der Waals surface area contributed by atoms with Gasteiger partial charge in [0.05, 0.1) is 0 Å². The van der Waals surface area contributed by atoms with Crippen molar-refractivity contribution >= 4 is 57.2 Å². The van der Waals surface area contributed by atoms with E-state index in [9.17, 15) is 19.2 Å². The Morgan fingerprint density at radius 2 is 1.50 bits per heavy atom. The van der Waals surface area contributed by atoms with Crippen LogP contribution in [-0.4, -0.2) is 84.6 Å². The van der Waals surface area contributed by atoms with Crippen molar-refractivity contribution in [3.63, 3.8) is 0 Å². The van der Waals surface area contributed by atoms with Crippen LogP contribution in [0.1, 0.15) is 6.92 Å². The summed E-state index contributed by atoms with van der Waals surface area (Å²) in [5.41, 5.74) is 10.4. The third-order valence-corrected chi connectivity index (χ3v) is 6.75. The molecule has 0 aromatic carbocycles. The van der Waals surface area contributed by atoms with E-state index in [1.165, 1.54) is 28.5 Å². The Labute approximate surface area is 161 Å². The number of nitrogens with one attached hydrogen (secondary N) is 1. The standard InChI is InChI=1S/C6H12N2O4S2.C6H9NO4S/c7-3(5(9)10)1-13-14-2-4(8)6(11)12;1-6(5(10)11)7-3(2-12-6)4(8)9/h3-4H,1-2,7-8H2,(H,9,10)(H,11,12);3,7H,2H2,1H3,(H,8,9)(H,10,11)/t3-,4-;/m0./s1. The molecule has 0 aliphatic carbocycles. The normalized spacial score (nSPS) is 24.0. The Balaban J connectivity index is 0.000000485. The van der Waals surface area contributed by atoms with Gasteiger partial charge in [-0.2, -0.15) is 0 Å². The van der Waals surface area contributed by atoms with Gasteiger partial charge in [0.25, 0.3) is 0 Å². The zero-order chi connectivity index (χ0) is 20.5. The molecule has 0 aromatic heterocycles. The summed E-state index contributed by atoms with van der Waals surface area (Å²) < 4.78 is 0. The van der Waals surface area contributed by atoms with Gasteiger partial charge in [-0.15, -0.1) is 11.8 Å². The molecule has 1 heterocycles. The van der Waals surface area contributed by atoms with E-state index >= 15 is 0 Å². The van der Waals surface area contributed by atoms with E-state index in [-0.39, 0.29) is 17.3 Å². The molecule has 0 radical (unpaired) electrons. The zero-order valence-electron chi connectivity index (χ0n) is 13.7. The van der Waals surface area contributed by atoms with E-state index in [0.29, 0.717) is 0 Å². The van der Waals surface area contributed by atoms with Crippen LogP contribution in [0.15, 0.2) is 0 Å². The fourth-order valence-electron chi connectivity index (χ4n) is 1.31. The molecule has 1 fully saturated rings. The Morgan fingerprint density at radius 3 is 1.73 bits per heavy atom. The fraction of sp³-hybridized carbons (Fsp3) is 0.667. The van der Waals surface area contributed by atoms with Crippen molar-refractivity contribution in [1.82, 2.24) is 5.32 Å². The molecule has 26 heavy (non-hydrogen) atoms. The first-order chi connectivity index (χ1) is 11.9. The van der Waals surface area contributed by atoms with Gasteiger partial charge in [0.15, 0.2) is 4.87 Å². The number of thioether (sulfide) groups is 1. The summed E-state index contributed by atoms with van der Waals surface area (Å²) in [6.45, 7) is 1.46. The van der Waals surface area contributed by atoms with Gasteiger partial charge in [-0.25, -0.2) is 4.79 Å². The molecule has 0 saturated carbocycles. The third-order valence-electron chi connectivity index (χ3n) is 2.91. The van der Waals surface area contributed by atoms with Gasteiger partial charge in [-0.05, 0) is 6.92 Å². The molecule has 0 aromatic rings. The highest BCUT2D eigenvalue weighted by atomic mass is 33.1. The molecule has 4 atom stereocenters. The van der Waals surface area contributed by atoms with E-state index in [4.69, 9.17) is 31.9 Å². The fourth-order valence-corrected chi connectivity index (χ4v) is 4.61. The second-order valence-corrected chi connectivity index (χ2v) is 9.13. The first-order valence-corrected chi connectivity index (χ1v) is 10.5. The van der Waals surface area contributed by atoms with E-state index in [1.54, 1.807) is 0 Å². The second-order valence-electron chi connectivity index (χ2n) is 5.14. The summed E-state index contributed by atoms with van der Waals surface area (Å²) >= 11 is 1.10. The lowest BCUT2D eigenvalue weighted by atomic mass is 10.2. The van der Waals surface area contributed by atoms with Crippen molar-refractivity contribution < 1.29 is 39.6 Å². The molecule has 2 unspecified atom stereocenters. The molecule has 0 bridgehead atoms. The zero-order valence-corrected chi connectivity index (χ0v) is 16.1. The predicted octanol–water partition coefficient (Wildman–Crippen LogP) is -1.23. The van der Waals surface area contributed by atoms with Crippen LogP contribution < -0.4 is 16.8 Å². The van der Waals surface area contributed by atoms with Crippen LogP contribution in [0.5, 0.6) is 0 Å². The summed E-state index contributed by atoms with van der Waals surface area (Å²) in [7, 11) is 2.41. The summed E-state index contributed by atoms with van der Waals surface area (Å²) in [5.74, 6) is -3.43. The van der Waals surface area contributed by atoms with E-state index in [1.807, 2.05) is 0 Å². The first-order valence-electron chi connectivity index (χ1n) is 6.99. The van der Waals surface area contributed by atoms with Crippen molar-refractivity contribution in [2.45, 2.75) is 29.9 Å². The molecule has 14 heteroatoms. The number of nitrogens with two attached hydrogens (primary N) is 2. The topological polar surface area (TPSA) is 213 Å². The maximum absolute atomic E-state index is 10.6. The minimum atomic E-state index is -1.15. The molecular weight excluding hydrogens is 410 g/mol. The minimum absolute atomic E-state index is 0.229. The van der Waals surface area contributed by atoms with Crippen molar-refractivity contribution in [2.24, 2.45) is 11.5 Å². The predicted molar refractivity (Wildman–Crippen MR) is 99.2 cm³/mol. The lowest BCUT2D eigenvalue weighted by Crippen LogP contribution is -2.48. The number of carboxylic acid groups (broad SMARTS) is 4. The maximum atomic E-state index is 10.6. The molecule has 0 amide bonds. The van der Waals surface area contributed by atoms with Crippen molar-refractivity contribution in [1.29, 1.82) is 0 Å². The summed E-state index contributed by atoms with van der Waals surface area (Å²) in [4.78, 5) is 40.4. The van der Waals surface area contributed by atoms with Gasteiger partial charge in [0.1, 0.15) is 18.1 Å². The molecule has 1 saturated heterocycles. The first kappa shape index (κ1) is 24.8. The van der Waals surface area contributed by atoms with E-state index in [0.717, 1.165) is 11.8 Å².